The average molecular weight is 279 g/mol. The van der Waals surface area contributed by atoms with E-state index in [9.17, 15) is 9.59 Å². The van der Waals surface area contributed by atoms with Crippen molar-refractivity contribution in [3.05, 3.63) is 29.3 Å². The van der Waals surface area contributed by atoms with Crippen LogP contribution in [-0.4, -0.2) is 37.7 Å². The Morgan fingerprint density at radius 1 is 1.25 bits per heavy atom. The lowest BCUT2D eigenvalue weighted by atomic mass is 10.1. The molecule has 1 aromatic rings. The molecule has 6 heteroatoms. The molecule has 0 atom stereocenters. The fourth-order valence-electron chi connectivity index (χ4n) is 1.61. The molecule has 0 spiro atoms. The SMILES string of the molecule is COc1cc(C(=O)O)cc(OC)c1C=CCNC(C)=O. The first kappa shape index (κ1) is 15.6. The first-order valence-electron chi connectivity index (χ1n) is 5.90. The Kier molecular flexibility index (Phi) is 5.58. The van der Waals surface area contributed by atoms with Gasteiger partial charge >= 0.3 is 5.97 Å². The van der Waals surface area contributed by atoms with Gasteiger partial charge in [0.1, 0.15) is 11.5 Å². The number of benzene rings is 1. The second-order valence-electron chi connectivity index (χ2n) is 3.94. The number of aromatic carboxylic acids is 1. The number of nitrogens with one attached hydrogen (secondary N) is 1. The van der Waals surface area contributed by atoms with Crippen molar-refractivity contribution in [2.24, 2.45) is 0 Å². The monoisotopic (exact) mass is 279 g/mol. The zero-order chi connectivity index (χ0) is 15.1. The maximum Gasteiger partial charge on any atom is 0.335 e. The van der Waals surface area contributed by atoms with E-state index >= 15 is 0 Å². The molecule has 1 rings (SSSR count). The van der Waals surface area contributed by atoms with Crippen LogP contribution in [-0.2, 0) is 4.79 Å². The van der Waals surface area contributed by atoms with Crippen LogP contribution < -0.4 is 14.8 Å². The van der Waals surface area contributed by atoms with E-state index in [0.29, 0.717) is 23.6 Å². The van der Waals surface area contributed by atoms with E-state index in [0.717, 1.165) is 0 Å². The minimum Gasteiger partial charge on any atom is -0.496 e. The van der Waals surface area contributed by atoms with Crippen molar-refractivity contribution in [3.63, 3.8) is 0 Å². The molecule has 0 aromatic heterocycles. The van der Waals surface area contributed by atoms with Crippen molar-refractivity contribution in [1.29, 1.82) is 0 Å². The van der Waals surface area contributed by atoms with Gasteiger partial charge in [-0.2, -0.15) is 0 Å². The van der Waals surface area contributed by atoms with Crippen LogP contribution in [0.15, 0.2) is 18.2 Å². The van der Waals surface area contributed by atoms with E-state index < -0.39 is 5.97 Å². The molecule has 0 fully saturated rings. The molecule has 108 valence electrons. The van der Waals surface area contributed by atoms with Crippen molar-refractivity contribution in [1.82, 2.24) is 5.32 Å². The Hall–Kier alpha value is -2.50. The lowest BCUT2D eigenvalue weighted by molar-refractivity contribution is -0.118. The van der Waals surface area contributed by atoms with Gasteiger partial charge in [0.25, 0.3) is 0 Å². The Labute approximate surface area is 117 Å². The number of carbonyl (C=O) groups is 2. The number of ether oxygens (including phenoxy) is 2. The predicted molar refractivity (Wildman–Crippen MR) is 74.2 cm³/mol. The van der Waals surface area contributed by atoms with Gasteiger partial charge in [-0.1, -0.05) is 6.08 Å². The molecule has 1 aromatic carbocycles. The summed E-state index contributed by atoms with van der Waals surface area (Å²) in [5.74, 6) is -0.410. The predicted octanol–water partition coefficient (Wildman–Crippen LogP) is 1.55. The lowest BCUT2D eigenvalue weighted by Gasteiger charge is -2.11. The number of hydrogen-bond acceptors (Lipinski definition) is 4. The van der Waals surface area contributed by atoms with Crippen molar-refractivity contribution in [3.8, 4) is 11.5 Å². The summed E-state index contributed by atoms with van der Waals surface area (Å²) in [6, 6.07) is 2.84. The normalized spacial score (nSPS) is 10.3. The first-order chi connectivity index (χ1) is 9.49. The third-order valence-corrected chi connectivity index (χ3v) is 2.54. The molecule has 0 unspecified atom stereocenters. The third kappa shape index (κ3) is 4.01. The van der Waals surface area contributed by atoms with Crippen LogP contribution in [0.25, 0.3) is 6.08 Å². The summed E-state index contributed by atoms with van der Waals surface area (Å²) in [5, 5.41) is 11.6. The van der Waals surface area contributed by atoms with Gasteiger partial charge in [-0.25, -0.2) is 4.79 Å². The zero-order valence-electron chi connectivity index (χ0n) is 11.6. The van der Waals surface area contributed by atoms with Gasteiger partial charge in [0.15, 0.2) is 0 Å². The van der Waals surface area contributed by atoms with E-state index in [1.165, 1.54) is 33.3 Å². The van der Waals surface area contributed by atoms with E-state index in [1.54, 1.807) is 12.2 Å². The minimum absolute atomic E-state index is 0.0812. The molecule has 0 aliphatic heterocycles. The molecular formula is C14H17NO5. The maximum atomic E-state index is 11.0. The quantitative estimate of drug-likeness (QED) is 0.825. The van der Waals surface area contributed by atoms with E-state index in [2.05, 4.69) is 5.32 Å². The number of carbonyl (C=O) groups excluding carboxylic acids is 1. The van der Waals surface area contributed by atoms with Crippen molar-refractivity contribution >= 4 is 18.0 Å². The van der Waals surface area contributed by atoms with Crippen molar-refractivity contribution in [2.45, 2.75) is 6.92 Å². The topological polar surface area (TPSA) is 84.9 Å². The van der Waals surface area contributed by atoms with Gasteiger partial charge in [-0.05, 0) is 18.2 Å². The highest BCUT2D eigenvalue weighted by Gasteiger charge is 2.13. The number of rotatable bonds is 6. The van der Waals surface area contributed by atoms with Crippen LogP contribution >= 0.6 is 0 Å². The van der Waals surface area contributed by atoms with Gasteiger partial charge in [-0.15, -0.1) is 0 Å². The minimum atomic E-state index is -1.06. The van der Waals surface area contributed by atoms with Crippen molar-refractivity contribution in [2.75, 3.05) is 20.8 Å². The van der Waals surface area contributed by atoms with Crippen LogP contribution in [0.1, 0.15) is 22.8 Å². The molecule has 0 saturated heterocycles. The second-order valence-corrected chi connectivity index (χ2v) is 3.94. The number of hydrogen-bond donors (Lipinski definition) is 2. The van der Waals surface area contributed by atoms with Gasteiger partial charge in [0.05, 0.1) is 25.3 Å². The molecule has 0 saturated carbocycles. The van der Waals surface area contributed by atoms with Crippen LogP contribution in [0, 0.1) is 0 Å². The summed E-state index contributed by atoms with van der Waals surface area (Å²) < 4.78 is 10.3. The van der Waals surface area contributed by atoms with Crippen LogP contribution in [0.2, 0.25) is 0 Å². The summed E-state index contributed by atoms with van der Waals surface area (Å²) in [6.45, 7) is 1.79. The molecule has 0 heterocycles. The van der Waals surface area contributed by atoms with Crippen LogP contribution in [0.3, 0.4) is 0 Å². The van der Waals surface area contributed by atoms with Crippen molar-refractivity contribution < 1.29 is 24.2 Å². The number of carboxylic acid groups (broad SMARTS) is 1. The molecular weight excluding hydrogens is 262 g/mol. The summed E-state index contributed by atoms with van der Waals surface area (Å²) in [6.07, 6.45) is 3.43. The summed E-state index contributed by atoms with van der Waals surface area (Å²) in [4.78, 5) is 21.8. The number of carboxylic acids is 1. The fraction of sp³-hybridized carbons (Fsp3) is 0.286. The highest BCUT2D eigenvalue weighted by atomic mass is 16.5. The van der Waals surface area contributed by atoms with E-state index in [1.807, 2.05) is 0 Å². The molecule has 20 heavy (non-hydrogen) atoms. The van der Waals surface area contributed by atoms with E-state index in [-0.39, 0.29) is 11.5 Å². The summed E-state index contributed by atoms with van der Waals surface area (Å²) in [7, 11) is 2.90. The Balaban J connectivity index is 3.10. The van der Waals surface area contributed by atoms with Gasteiger partial charge < -0.3 is 19.9 Å². The van der Waals surface area contributed by atoms with Gasteiger partial charge in [-0.3, -0.25) is 4.79 Å². The Morgan fingerprint density at radius 2 is 1.80 bits per heavy atom. The summed E-state index contributed by atoms with van der Waals surface area (Å²) >= 11 is 0. The molecule has 2 N–H and O–H groups in total. The van der Waals surface area contributed by atoms with Gasteiger partial charge in [0, 0.05) is 13.5 Å². The highest BCUT2D eigenvalue weighted by molar-refractivity contribution is 5.90. The van der Waals surface area contributed by atoms with E-state index in [4.69, 9.17) is 14.6 Å². The van der Waals surface area contributed by atoms with Crippen LogP contribution in [0.4, 0.5) is 0 Å². The standard InChI is InChI=1S/C14H17NO5/c1-9(16)15-6-4-5-11-12(19-2)7-10(14(17)18)8-13(11)20-3/h4-5,7-8H,6H2,1-3H3,(H,15,16)(H,17,18). The van der Waals surface area contributed by atoms with Crippen LogP contribution in [0.5, 0.6) is 11.5 Å². The molecule has 0 radical (unpaired) electrons. The molecule has 6 nitrogen and oxygen atoms in total. The van der Waals surface area contributed by atoms with Gasteiger partial charge in [0.2, 0.25) is 5.91 Å². The molecule has 0 aliphatic carbocycles. The average Bonchev–Trinajstić information content (AvgIpc) is 2.42. The number of amides is 1. The Bertz CT molecular complexity index is 511. The zero-order valence-corrected chi connectivity index (χ0v) is 11.6. The summed E-state index contributed by atoms with van der Waals surface area (Å²) in [5.41, 5.74) is 0.697. The molecule has 0 aliphatic rings. The number of methoxy groups -OCH3 is 2. The molecule has 1 amide bonds. The molecule has 0 bridgehead atoms. The second kappa shape index (κ2) is 7.18. The smallest absolute Gasteiger partial charge is 0.335 e. The first-order valence-corrected chi connectivity index (χ1v) is 5.90. The lowest BCUT2D eigenvalue weighted by Crippen LogP contribution is -2.19. The third-order valence-electron chi connectivity index (χ3n) is 2.54. The Morgan fingerprint density at radius 3 is 2.20 bits per heavy atom. The largest absolute Gasteiger partial charge is 0.496 e. The fourth-order valence-corrected chi connectivity index (χ4v) is 1.61. The highest BCUT2D eigenvalue weighted by Crippen LogP contribution is 2.31. The maximum absolute atomic E-state index is 11.0.